The van der Waals surface area contributed by atoms with Crippen LogP contribution in [-0.4, -0.2) is 30.3 Å². The Bertz CT molecular complexity index is 819. The number of hydrogen-bond acceptors (Lipinski definition) is 4. The maximum atomic E-state index is 13.0. The molecule has 1 atom stereocenters. The third kappa shape index (κ3) is 5.99. The zero-order valence-corrected chi connectivity index (χ0v) is 16.5. The molecule has 7 heteroatoms. The first-order valence-electron chi connectivity index (χ1n) is 8.29. The van der Waals surface area contributed by atoms with Crippen molar-refractivity contribution >= 4 is 33.6 Å². The molecular formula is C20H19BrFNO4. The minimum Gasteiger partial charge on any atom is -0.456 e. The molecule has 5 nitrogen and oxygen atoms in total. The minimum atomic E-state index is -0.930. The van der Waals surface area contributed by atoms with E-state index < -0.39 is 30.3 Å². The van der Waals surface area contributed by atoms with Crippen LogP contribution < -0.4 is 5.32 Å². The number of ketones is 1. The standard InChI is InChI=1S/C20H19BrFNO4/c1-12(2)18(23-19(25)14-5-9-16(22)10-6-14)20(26)27-11-17(24)13-3-7-15(21)8-4-13/h3-10,12,18H,11H2,1-2H3,(H,23,25)/t18-/m0/s1. The van der Waals surface area contributed by atoms with Gasteiger partial charge in [0.25, 0.3) is 5.91 Å². The van der Waals surface area contributed by atoms with E-state index in [4.69, 9.17) is 4.74 Å². The molecule has 0 aliphatic rings. The largest absolute Gasteiger partial charge is 0.456 e. The first-order valence-corrected chi connectivity index (χ1v) is 9.09. The first kappa shape index (κ1) is 20.8. The monoisotopic (exact) mass is 435 g/mol. The molecule has 2 aromatic carbocycles. The summed E-state index contributed by atoms with van der Waals surface area (Å²) in [5.74, 6) is -2.29. The van der Waals surface area contributed by atoms with Gasteiger partial charge < -0.3 is 10.1 Å². The lowest BCUT2D eigenvalue weighted by atomic mass is 10.0. The van der Waals surface area contributed by atoms with Crippen molar-refractivity contribution in [3.05, 3.63) is 69.9 Å². The molecule has 0 aliphatic carbocycles. The van der Waals surface area contributed by atoms with Gasteiger partial charge in [0, 0.05) is 15.6 Å². The van der Waals surface area contributed by atoms with E-state index in [9.17, 15) is 18.8 Å². The fourth-order valence-electron chi connectivity index (χ4n) is 2.27. The normalized spacial score (nSPS) is 11.7. The van der Waals surface area contributed by atoms with Crippen molar-refractivity contribution in [2.45, 2.75) is 19.9 Å². The van der Waals surface area contributed by atoms with E-state index in [2.05, 4.69) is 21.2 Å². The fourth-order valence-corrected chi connectivity index (χ4v) is 2.53. The number of benzene rings is 2. The highest BCUT2D eigenvalue weighted by molar-refractivity contribution is 9.10. The highest BCUT2D eigenvalue weighted by atomic mass is 79.9. The van der Waals surface area contributed by atoms with Gasteiger partial charge in [-0.15, -0.1) is 0 Å². The molecule has 1 N–H and O–H groups in total. The quantitative estimate of drug-likeness (QED) is 0.530. The van der Waals surface area contributed by atoms with E-state index in [0.29, 0.717) is 5.56 Å². The molecule has 0 spiro atoms. The van der Waals surface area contributed by atoms with Crippen molar-refractivity contribution < 1.29 is 23.5 Å². The van der Waals surface area contributed by atoms with Gasteiger partial charge in [0.15, 0.2) is 12.4 Å². The van der Waals surface area contributed by atoms with Crippen LogP contribution in [0, 0.1) is 11.7 Å². The number of amides is 1. The Kier molecular flexibility index (Phi) is 7.24. The predicted molar refractivity (Wildman–Crippen MR) is 102 cm³/mol. The number of hydrogen-bond donors (Lipinski definition) is 1. The second-order valence-electron chi connectivity index (χ2n) is 6.24. The van der Waals surface area contributed by atoms with Crippen LogP contribution in [0.5, 0.6) is 0 Å². The summed E-state index contributed by atoms with van der Waals surface area (Å²) in [5, 5.41) is 2.57. The maximum Gasteiger partial charge on any atom is 0.329 e. The summed E-state index contributed by atoms with van der Waals surface area (Å²) in [5.41, 5.74) is 0.642. The Morgan fingerprint density at radius 1 is 1.00 bits per heavy atom. The van der Waals surface area contributed by atoms with Crippen molar-refractivity contribution in [2.24, 2.45) is 5.92 Å². The number of nitrogens with one attached hydrogen (secondary N) is 1. The number of ether oxygens (including phenoxy) is 1. The molecular weight excluding hydrogens is 417 g/mol. The van der Waals surface area contributed by atoms with Gasteiger partial charge in [-0.25, -0.2) is 9.18 Å². The Balaban J connectivity index is 1.97. The van der Waals surface area contributed by atoms with Crippen molar-refractivity contribution in [1.82, 2.24) is 5.32 Å². The number of halogens is 2. The van der Waals surface area contributed by atoms with E-state index in [1.807, 2.05) is 0 Å². The number of esters is 1. The summed E-state index contributed by atoms with van der Waals surface area (Å²) in [7, 11) is 0. The molecule has 2 aromatic rings. The van der Waals surface area contributed by atoms with Crippen LogP contribution in [0.4, 0.5) is 4.39 Å². The molecule has 0 aromatic heterocycles. The summed E-state index contributed by atoms with van der Waals surface area (Å²) in [4.78, 5) is 36.7. The lowest BCUT2D eigenvalue weighted by Crippen LogP contribution is -2.45. The molecule has 0 bridgehead atoms. The van der Waals surface area contributed by atoms with Crippen LogP contribution in [0.1, 0.15) is 34.6 Å². The predicted octanol–water partition coefficient (Wildman–Crippen LogP) is 3.77. The van der Waals surface area contributed by atoms with Crippen LogP contribution in [0.15, 0.2) is 53.0 Å². The topological polar surface area (TPSA) is 72.5 Å². The third-order valence-electron chi connectivity index (χ3n) is 3.83. The molecule has 0 heterocycles. The summed E-state index contributed by atoms with van der Waals surface area (Å²) in [6.07, 6.45) is 0. The Labute approximate surface area is 165 Å². The van der Waals surface area contributed by atoms with Gasteiger partial charge in [0.1, 0.15) is 11.9 Å². The molecule has 0 aliphatic heterocycles. The Morgan fingerprint density at radius 2 is 1.56 bits per heavy atom. The Morgan fingerprint density at radius 3 is 2.11 bits per heavy atom. The number of carbonyl (C=O) groups excluding carboxylic acids is 3. The molecule has 0 unspecified atom stereocenters. The lowest BCUT2D eigenvalue weighted by Gasteiger charge is -2.20. The number of rotatable bonds is 7. The summed E-state index contributed by atoms with van der Waals surface area (Å²) >= 11 is 3.28. The van der Waals surface area contributed by atoms with Gasteiger partial charge in [0.2, 0.25) is 0 Å². The fraction of sp³-hybridized carbons (Fsp3) is 0.250. The molecule has 0 saturated carbocycles. The van der Waals surface area contributed by atoms with Gasteiger partial charge in [-0.05, 0) is 42.3 Å². The zero-order chi connectivity index (χ0) is 20.0. The van der Waals surface area contributed by atoms with Crippen molar-refractivity contribution in [3.8, 4) is 0 Å². The molecule has 0 radical (unpaired) electrons. The van der Waals surface area contributed by atoms with Gasteiger partial charge in [-0.1, -0.05) is 41.9 Å². The lowest BCUT2D eigenvalue weighted by molar-refractivity contribution is -0.145. The maximum absolute atomic E-state index is 13.0. The van der Waals surface area contributed by atoms with Crippen molar-refractivity contribution in [3.63, 3.8) is 0 Å². The van der Waals surface area contributed by atoms with Crippen LogP contribution in [0.3, 0.4) is 0 Å². The average Bonchev–Trinajstić information content (AvgIpc) is 2.64. The van der Waals surface area contributed by atoms with Crippen LogP contribution in [0.2, 0.25) is 0 Å². The second-order valence-corrected chi connectivity index (χ2v) is 7.16. The van der Waals surface area contributed by atoms with Crippen LogP contribution >= 0.6 is 15.9 Å². The molecule has 0 fully saturated rings. The second kappa shape index (κ2) is 9.41. The van der Waals surface area contributed by atoms with Gasteiger partial charge in [-0.2, -0.15) is 0 Å². The first-order chi connectivity index (χ1) is 12.8. The van der Waals surface area contributed by atoms with E-state index in [1.54, 1.807) is 38.1 Å². The van der Waals surface area contributed by atoms with Gasteiger partial charge >= 0.3 is 5.97 Å². The zero-order valence-electron chi connectivity index (χ0n) is 14.9. The van der Waals surface area contributed by atoms with Crippen LogP contribution in [-0.2, 0) is 9.53 Å². The van der Waals surface area contributed by atoms with Crippen molar-refractivity contribution in [1.29, 1.82) is 0 Å². The molecule has 2 rings (SSSR count). The Hall–Kier alpha value is -2.54. The summed E-state index contributed by atoms with van der Waals surface area (Å²) < 4.78 is 18.9. The van der Waals surface area contributed by atoms with E-state index in [-0.39, 0.29) is 17.3 Å². The van der Waals surface area contributed by atoms with E-state index in [1.165, 1.54) is 12.1 Å². The van der Waals surface area contributed by atoms with E-state index in [0.717, 1.165) is 16.6 Å². The molecule has 1 amide bonds. The molecule has 27 heavy (non-hydrogen) atoms. The highest BCUT2D eigenvalue weighted by Gasteiger charge is 2.27. The van der Waals surface area contributed by atoms with Crippen LogP contribution in [0.25, 0.3) is 0 Å². The SMILES string of the molecule is CC(C)[C@H](NC(=O)c1ccc(F)cc1)C(=O)OCC(=O)c1ccc(Br)cc1. The van der Waals surface area contributed by atoms with E-state index >= 15 is 0 Å². The number of carbonyl (C=O) groups is 3. The smallest absolute Gasteiger partial charge is 0.329 e. The summed E-state index contributed by atoms with van der Waals surface area (Å²) in [6, 6.07) is 10.7. The average molecular weight is 436 g/mol. The minimum absolute atomic E-state index is 0.223. The molecule has 142 valence electrons. The summed E-state index contributed by atoms with van der Waals surface area (Å²) in [6.45, 7) is 3.07. The highest BCUT2D eigenvalue weighted by Crippen LogP contribution is 2.12. The third-order valence-corrected chi connectivity index (χ3v) is 4.35. The number of Topliss-reactive ketones (excluding diaryl/α,β-unsaturated/α-hetero) is 1. The van der Waals surface area contributed by atoms with Gasteiger partial charge in [0.05, 0.1) is 0 Å². The van der Waals surface area contributed by atoms with Crippen molar-refractivity contribution in [2.75, 3.05) is 6.61 Å². The van der Waals surface area contributed by atoms with Gasteiger partial charge in [-0.3, -0.25) is 9.59 Å². The molecule has 0 saturated heterocycles.